The summed E-state index contributed by atoms with van der Waals surface area (Å²) in [5.74, 6) is 0. The lowest BCUT2D eigenvalue weighted by atomic mass is 9.83. The number of rotatable bonds is 4. The van der Waals surface area contributed by atoms with Crippen molar-refractivity contribution < 1.29 is 18.3 Å². The lowest BCUT2D eigenvalue weighted by molar-refractivity contribution is -0.141. The molecule has 2 heterocycles. The minimum atomic E-state index is -4.45. The first kappa shape index (κ1) is 18.7. The first-order valence-electron chi connectivity index (χ1n) is 8.98. The monoisotopic (exact) mass is 387 g/mol. The van der Waals surface area contributed by atoms with Crippen LogP contribution in [-0.4, -0.2) is 32.9 Å². The largest absolute Gasteiger partial charge is 0.435 e. The molecule has 3 aromatic rings. The maximum atomic E-state index is 12.7. The van der Waals surface area contributed by atoms with Gasteiger partial charge in [0.1, 0.15) is 5.60 Å². The molecule has 1 fully saturated rings. The molecule has 28 heavy (non-hydrogen) atoms. The molecular formula is C21H20F3N3O. The molecular weight excluding hydrogens is 367 g/mol. The zero-order valence-corrected chi connectivity index (χ0v) is 15.3. The van der Waals surface area contributed by atoms with E-state index in [1.165, 1.54) is 10.9 Å². The molecule has 0 radical (unpaired) electrons. The van der Waals surface area contributed by atoms with Crippen LogP contribution in [-0.2, 0) is 18.3 Å². The Morgan fingerprint density at radius 2 is 1.71 bits per heavy atom. The number of halogens is 3. The van der Waals surface area contributed by atoms with Crippen molar-refractivity contribution in [1.29, 1.82) is 0 Å². The van der Waals surface area contributed by atoms with Crippen molar-refractivity contribution in [3.05, 3.63) is 83.2 Å². The number of aromatic nitrogens is 2. The van der Waals surface area contributed by atoms with Gasteiger partial charge in [-0.1, -0.05) is 36.4 Å². The molecule has 0 atom stereocenters. The fourth-order valence-electron chi connectivity index (χ4n) is 3.70. The predicted molar refractivity (Wildman–Crippen MR) is 98.9 cm³/mol. The van der Waals surface area contributed by atoms with E-state index in [9.17, 15) is 18.3 Å². The van der Waals surface area contributed by atoms with Crippen molar-refractivity contribution in [2.24, 2.45) is 0 Å². The normalized spacial score (nSPS) is 16.8. The second kappa shape index (κ2) is 6.76. The van der Waals surface area contributed by atoms with Crippen LogP contribution in [0.3, 0.4) is 0 Å². The highest BCUT2D eigenvalue weighted by molar-refractivity contribution is 5.36. The second-order valence-corrected chi connectivity index (χ2v) is 7.30. The molecule has 1 aliphatic rings. The van der Waals surface area contributed by atoms with Crippen molar-refractivity contribution in [3.8, 4) is 5.69 Å². The Labute approximate surface area is 160 Å². The first-order valence-corrected chi connectivity index (χ1v) is 8.98. The molecule has 0 spiro atoms. The maximum absolute atomic E-state index is 12.7. The standard InChI is InChI=1S/C21H20F3N3O/c1-15-4-2-3-5-18(15)20(28)13-26(14-20)12-16-6-8-17(9-7-16)27-11-10-19(25-27)21(22,23)24/h2-11,28H,12-14H2,1H3. The van der Waals surface area contributed by atoms with E-state index in [1.54, 1.807) is 12.1 Å². The topological polar surface area (TPSA) is 41.3 Å². The van der Waals surface area contributed by atoms with Crippen LogP contribution < -0.4 is 0 Å². The Bertz CT molecular complexity index is 973. The van der Waals surface area contributed by atoms with Gasteiger partial charge in [-0.25, -0.2) is 4.68 Å². The van der Waals surface area contributed by atoms with E-state index in [-0.39, 0.29) is 0 Å². The molecule has 0 saturated carbocycles. The molecule has 0 unspecified atom stereocenters. The smallest absolute Gasteiger partial charge is 0.382 e. The van der Waals surface area contributed by atoms with Crippen molar-refractivity contribution in [2.45, 2.75) is 25.2 Å². The van der Waals surface area contributed by atoms with Crippen LogP contribution in [0, 0.1) is 6.92 Å². The van der Waals surface area contributed by atoms with Gasteiger partial charge in [0.2, 0.25) is 0 Å². The quantitative estimate of drug-likeness (QED) is 0.738. The average molecular weight is 387 g/mol. The summed E-state index contributed by atoms with van der Waals surface area (Å²) in [6, 6.07) is 16.0. The average Bonchev–Trinajstić information content (AvgIpc) is 3.12. The Morgan fingerprint density at radius 3 is 2.32 bits per heavy atom. The summed E-state index contributed by atoms with van der Waals surface area (Å²) < 4.78 is 39.3. The fraction of sp³-hybridized carbons (Fsp3) is 0.286. The summed E-state index contributed by atoms with van der Waals surface area (Å²) in [6.07, 6.45) is -3.15. The van der Waals surface area contributed by atoms with Crippen LogP contribution in [0.2, 0.25) is 0 Å². The highest BCUT2D eigenvalue weighted by Crippen LogP contribution is 2.34. The molecule has 0 amide bonds. The van der Waals surface area contributed by atoms with Crippen LogP contribution in [0.4, 0.5) is 13.2 Å². The molecule has 0 bridgehead atoms. The molecule has 4 nitrogen and oxygen atoms in total. The van der Waals surface area contributed by atoms with Crippen LogP contribution >= 0.6 is 0 Å². The molecule has 1 N–H and O–H groups in total. The van der Waals surface area contributed by atoms with Gasteiger partial charge in [0.25, 0.3) is 0 Å². The third-order valence-corrected chi connectivity index (χ3v) is 5.10. The molecule has 1 aromatic heterocycles. The number of aryl methyl sites for hydroxylation is 1. The zero-order chi connectivity index (χ0) is 19.9. The van der Waals surface area contributed by atoms with Crippen molar-refractivity contribution >= 4 is 0 Å². The lowest BCUT2D eigenvalue weighted by Gasteiger charge is -2.47. The van der Waals surface area contributed by atoms with Crippen LogP contribution in [0.1, 0.15) is 22.4 Å². The number of aliphatic hydroxyl groups is 1. The van der Waals surface area contributed by atoms with Crippen LogP contribution in [0.25, 0.3) is 5.69 Å². The summed E-state index contributed by atoms with van der Waals surface area (Å²) in [7, 11) is 0. The Hall–Kier alpha value is -2.64. The van der Waals surface area contributed by atoms with Crippen molar-refractivity contribution in [3.63, 3.8) is 0 Å². The summed E-state index contributed by atoms with van der Waals surface area (Å²) in [5.41, 5.74) is 1.90. The van der Waals surface area contributed by atoms with E-state index in [2.05, 4.69) is 10.00 Å². The molecule has 146 valence electrons. The van der Waals surface area contributed by atoms with E-state index in [0.29, 0.717) is 25.3 Å². The van der Waals surface area contributed by atoms with E-state index < -0.39 is 17.5 Å². The fourth-order valence-corrected chi connectivity index (χ4v) is 3.70. The van der Waals surface area contributed by atoms with E-state index in [4.69, 9.17) is 0 Å². The van der Waals surface area contributed by atoms with Gasteiger partial charge in [-0.2, -0.15) is 18.3 Å². The third kappa shape index (κ3) is 3.55. The highest BCUT2D eigenvalue weighted by atomic mass is 19.4. The number of benzene rings is 2. The summed E-state index contributed by atoms with van der Waals surface area (Å²) >= 11 is 0. The summed E-state index contributed by atoms with van der Waals surface area (Å²) in [4.78, 5) is 2.14. The van der Waals surface area contributed by atoms with Crippen LogP contribution in [0.5, 0.6) is 0 Å². The zero-order valence-electron chi connectivity index (χ0n) is 15.3. The maximum Gasteiger partial charge on any atom is 0.435 e. The third-order valence-electron chi connectivity index (χ3n) is 5.10. The number of β-amino-alcohol motifs (C(OH)–C–C–N with tert-alkyl or cyclic N) is 1. The predicted octanol–water partition coefficient (Wildman–Crippen LogP) is 3.90. The van der Waals surface area contributed by atoms with E-state index in [1.807, 2.05) is 43.3 Å². The highest BCUT2D eigenvalue weighted by Gasteiger charge is 2.43. The van der Waals surface area contributed by atoms with Gasteiger partial charge >= 0.3 is 6.18 Å². The summed E-state index contributed by atoms with van der Waals surface area (Å²) in [6.45, 7) is 3.76. The second-order valence-electron chi connectivity index (χ2n) is 7.30. The summed E-state index contributed by atoms with van der Waals surface area (Å²) in [5, 5.41) is 14.4. The molecule has 0 aliphatic carbocycles. The number of nitrogens with zero attached hydrogens (tertiary/aromatic N) is 3. The van der Waals surface area contributed by atoms with Crippen LogP contribution in [0.15, 0.2) is 60.8 Å². The lowest BCUT2D eigenvalue weighted by Crippen LogP contribution is -2.58. The Balaban J connectivity index is 1.40. The number of likely N-dealkylation sites (tertiary alicyclic amines) is 1. The van der Waals surface area contributed by atoms with Gasteiger partial charge in [0.05, 0.1) is 5.69 Å². The number of alkyl halides is 3. The number of hydrogen-bond acceptors (Lipinski definition) is 3. The molecule has 4 rings (SSSR count). The van der Waals surface area contributed by atoms with Gasteiger partial charge in [-0.15, -0.1) is 0 Å². The van der Waals surface area contributed by atoms with Gasteiger partial charge < -0.3 is 5.11 Å². The van der Waals surface area contributed by atoms with Crippen molar-refractivity contribution in [2.75, 3.05) is 13.1 Å². The minimum absolute atomic E-state index is 0.549. The minimum Gasteiger partial charge on any atom is -0.382 e. The molecule has 1 aliphatic heterocycles. The first-order chi connectivity index (χ1) is 13.2. The van der Waals surface area contributed by atoms with Gasteiger partial charge in [0.15, 0.2) is 5.69 Å². The van der Waals surface area contributed by atoms with Crippen molar-refractivity contribution in [1.82, 2.24) is 14.7 Å². The van der Waals surface area contributed by atoms with E-state index >= 15 is 0 Å². The molecule has 2 aromatic carbocycles. The van der Waals surface area contributed by atoms with Gasteiger partial charge in [-0.3, -0.25) is 4.90 Å². The van der Waals surface area contributed by atoms with Gasteiger partial charge in [0, 0.05) is 25.8 Å². The molecule has 7 heteroatoms. The number of hydrogen-bond donors (Lipinski definition) is 1. The SMILES string of the molecule is Cc1ccccc1C1(O)CN(Cc2ccc(-n3ccc(C(F)(F)F)n3)cc2)C1. The van der Waals surface area contributed by atoms with E-state index in [0.717, 1.165) is 22.8 Å². The van der Waals surface area contributed by atoms with Gasteiger partial charge in [-0.05, 0) is 41.8 Å². The molecule has 1 saturated heterocycles. The Kier molecular flexibility index (Phi) is 4.51. The Morgan fingerprint density at radius 1 is 1.04 bits per heavy atom.